The van der Waals surface area contributed by atoms with Gasteiger partial charge < -0.3 is 24.5 Å². The summed E-state index contributed by atoms with van der Waals surface area (Å²) in [5.41, 5.74) is 1.38. The number of hydrogen-bond acceptors (Lipinski definition) is 6. The first kappa shape index (κ1) is 22.6. The van der Waals surface area contributed by atoms with E-state index in [1.54, 1.807) is 12.1 Å². The van der Waals surface area contributed by atoms with E-state index < -0.39 is 11.6 Å². The molecule has 2 aromatic heterocycles. The summed E-state index contributed by atoms with van der Waals surface area (Å²) >= 11 is 0. The average molecular weight is 475 g/mol. The van der Waals surface area contributed by atoms with Crippen molar-refractivity contribution < 1.29 is 19.4 Å². The van der Waals surface area contributed by atoms with Crippen molar-refractivity contribution in [2.45, 2.75) is 51.2 Å². The van der Waals surface area contributed by atoms with Crippen LogP contribution in [-0.4, -0.2) is 42.7 Å². The number of carboxylic acid groups (broad SMARTS) is 1. The van der Waals surface area contributed by atoms with Gasteiger partial charge in [-0.25, -0.2) is 14.8 Å². The van der Waals surface area contributed by atoms with Crippen molar-refractivity contribution in [3.8, 4) is 34.0 Å². The first-order valence-corrected chi connectivity index (χ1v) is 11.6. The molecule has 180 valence electrons. The largest absolute Gasteiger partial charge is 0.490 e. The second-order valence-electron chi connectivity index (χ2n) is 9.20. The Morgan fingerprint density at radius 2 is 1.89 bits per heavy atom. The third-order valence-electron chi connectivity index (χ3n) is 6.18. The zero-order valence-electron chi connectivity index (χ0n) is 19.5. The monoisotopic (exact) mass is 474 g/mol. The molecule has 0 unspecified atom stereocenters. The van der Waals surface area contributed by atoms with Crippen molar-refractivity contribution in [3.05, 3.63) is 59.1 Å². The summed E-state index contributed by atoms with van der Waals surface area (Å²) in [5.74, 6) is 0.404. The molecule has 1 saturated carbocycles. The maximum atomic E-state index is 12.5. The minimum absolute atomic E-state index is 0.0934. The molecule has 2 aromatic carbocycles. The number of carbonyl (C=O) groups is 1. The number of carboxylic acids is 1. The smallest absolute Gasteiger partial charge is 0.347 e. The zero-order valence-corrected chi connectivity index (χ0v) is 19.5. The predicted octanol–water partition coefficient (Wildman–Crippen LogP) is 4.54. The molecule has 9 heteroatoms. The zero-order chi connectivity index (χ0) is 24.6. The Hall–Kier alpha value is -4.14. The van der Waals surface area contributed by atoms with Crippen molar-refractivity contribution in [2.75, 3.05) is 0 Å². The number of aliphatic carboxylic acids is 1. The van der Waals surface area contributed by atoms with Crippen LogP contribution in [0.5, 0.6) is 11.5 Å². The molecule has 0 amide bonds. The quantitative estimate of drug-likeness (QED) is 0.358. The predicted molar refractivity (Wildman–Crippen MR) is 131 cm³/mol. The number of benzene rings is 2. The Morgan fingerprint density at radius 3 is 2.66 bits per heavy atom. The van der Waals surface area contributed by atoms with Gasteiger partial charge in [0.15, 0.2) is 16.8 Å². The molecule has 0 atom stereocenters. The summed E-state index contributed by atoms with van der Waals surface area (Å²) in [6.45, 7) is 3.02. The Labute approximate surface area is 201 Å². The molecular weight excluding hydrogens is 448 g/mol. The van der Waals surface area contributed by atoms with Crippen molar-refractivity contribution in [1.29, 1.82) is 0 Å². The minimum Gasteiger partial charge on any atom is -0.490 e. The lowest BCUT2D eigenvalue weighted by Gasteiger charge is -2.22. The summed E-state index contributed by atoms with van der Waals surface area (Å²) in [7, 11) is 0. The number of aromatic nitrogens is 4. The molecular formula is C26H26N4O5. The molecule has 1 aliphatic rings. The maximum Gasteiger partial charge on any atom is 0.347 e. The van der Waals surface area contributed by atoms with E-state index in [-0.39, 0.29) is 11.7 Å². The molecule has 35 heavy (non-hydrogen) atoms. The molecule has 9 nitrogen and oxygen atoms in total. The number of imidazole rings is 1. The number of hydrogen-bond donors (Lipinski definition) is 3. The SMILES string of the molecule is CC(C)(Oc1cccc(-c2ccc(-c3nc4nc[nH]c4c(=O)[nH]3)c(OC3CCCC3)c2)c1)C(=O)O. The van der Waals surface area contributed by atoms with Crippen LogP contribution in [0, 0.1) is 0 Å². The Balaban J connectivity index is 1.55. The van der Waals surface area contributed by atoms with E-state index in [0.29, 0.717) is 34.1 Å². The number of aromatic amines is 2. The molecule has 0 bridgehead atoms. The fraction of sp³-hybridized carbons (Fsp3) is 0.308. The van der Waals surface area contributed by atoms with Crippen LogP contribution < -0.4 is 15.0 Å². The van der Waals surface area contributed by atoms with E-state index in [1.165, 1.54) is 20.2 Å². The maximum absolute atomic E-state index is 12.5. The fourth-order valence-electron chi connectivity index (χ4n) is 4.23. The van der Waals surface area contributed by atoms with Crippen LogP contribution in [0.25, 0.3) is 33.7 Å². The van der Waals surface area contributed by atoms with Gasteiger partial charge in [0.2, 0.25) is 0 Å². The topological polar surface area (TPSA) is 130 Å². The van der Waals surface area contributed by atoms with Gasteiger partial charge in [0, 0.05) is 0 Å². The van der Waals surface area contributed by atoms with E-state index in [9.17, 15) is 14.7 Å². The highest BCUT2D eigenvalue weighted by molar-refractivity contribution is 5.78. The minimum atomic E-state index is -1.36. The number of H-pyrrole nitrogens is 2. The molecule has 1 aliphatic carbocycles. The second-order valence-corrected chi connectivity index (χ2v) is 9.20. The summed E-state index contributed by atoms with van der Waals surface area (Å²) in [6.07, 6.45) is 5.71. The highest BCUT2D eigenvalue weighted by Crippen LogP contribution is 2.36. The number of nitrogens with one attached hydrogen (secondary N) is 2. The van der Waals surface area contributed by atoms with E-state index in [1.807, 2.05) is 30.3 Å². The van der Waals surface area contributed by atoms with Crippen molar-refractivity contribution in [1.82, 2.24) is 19.9 Å². The first-order chi connectivity index (χ1) is 16.8. The van der Waals surface area contributed by atoms with E-state index in [0.717, 1.165) is 36.8 Å². The number of nitrogens with zero attached hydrogens (tertiary/aromatic N) is 2. The van der Waals surface area contributed by atoms with E-state index >= 15 is 0 Å². The first-order valence-electron chi connectivity index (χ1n) is 11.6. The second kappa shape index (κ2) is 8.90. The lowest BCUT2D eigenvalue weighted by atomic mass is 10.0. The third kappa shape index (κ3) is 4.62. The summed E-state index contributed by atoms with van der Waals surface area (Å²) in [5, 5.41) is 9.39. The van der Waals surface area contributed by atoms with Crippen LogP contribution in [0.15, 0.2) is 53.6 Å². The number of fused-ring (bicyclic) bond motifs is 1. The van der Waals surface area contributed by atoms with Crippen LogP contribution in [0.4, 0.5) is 0 Å². The van der Waals surface area contributed by atoms with Gasteiger partial charge in [-0.2, -0.15) is 0 Å². The van der Waals surface area contributed by atoms with Crippen molar-refractivity contribution in [3.63, 3.8) is 0 Å². The van der Waals surface area contributed by atoms with Crippen LogP contribution in [-0.2, 0) is 4.79 Å². The summed E-state index contributed by atoms with van der Waals surface area (Å²) in [4.78, 5) is 38.3. The lowest BCUT2D eigenvalue weighted by molar-refractivity contribution is -0.152. The van der Waals surface area contributed by atoms with Crippen LogP contribution in [0.2, 0.25) is 0 Å². The Bertz CT molecular complexity index is 1450. The van der Waals surface area contributed by atoms with Crippen molar-refractivity contribution in [2.24, 2.45) is 0 Å². The fourth-order valence-corrected chi connectivity index (χ4v) is 4.23. The standard InChI is InChI=1S/C26H26N4O5/c1-26(2,25(32)33)35-18-9-5-6-15(12-18)16-10-11-19(20(13-16)34-17-7-3-4-8-17)22-29-23-21(24(31)30-22)27-14-28-23/h5-6,9-14,17H,3-4,7-8H2,1-2H3,(H,32,33)(H2,27,28,29,30,31). The lowest BCUT2D eigenvalue weighted by Crippen LogP contribution is -2.37. The average Bonchev–Trinajstić information content (AvgIpc) is 3.51. The summed E-state index contributed by atoms with van der Waals surface area (Å²) in [6, 6.07) is 13.0. The molecule has 5 rings (SSSR count). The van der Waals surface area contributed by atoms with Gasteiger partial charge in [0.05, 0.1) is 18.0 Å². The van der Waals surface area contributed by atoms with Gasteiger partial charge in [-0.1, -0.05) is 18.2 Å². The highest BCUT2D eigenvalue weighted by atomic mass is 16.5. The van der Waals surface area contributed by atoms with Gasteiger partial charge >= 0.3 is 5.97 Å². The van der Waals surface area contributed by atoms with Gasteiger partial charge in [0.25, 0.3) is 5.56 Å². The van der Waals surface area contributed by atoms with Crippen molar-refractivity contribution >= 4 is 17.1 Å². The molecule has 3 N–H and O–H groups in total. The van der Waals surface area contributed by atoms with Crippen LogP contribution in [0.3, 0.4) is 0 Å². The van der Waals surface area contributed by atoms with Crippen LogP contribution >= 0.6 is 0 Å². The van der Waals surface area contributed by atoms with Crippen LogP contribution in [0.1, 0.15) is 39.5 Å². The van der Waals surface area contributed by atoms with Gasteiger partial charge in [0.1, 0.15) is 17.3 Å². The third-order valence-corrected chi connectivity index (χ3v) is 6.18. The molecule has 1 fully saturated rings. The van der Waals surface area contributed by atoms with Gasteiger partial charge in [-0.3, -0.25) is 4.79 Å². The Kier molecular flexibility index (Phi) is 5.76. The normalized spacial score (nSPS) is 14.3. The van der Waals surface area contributed by atoms with Gasteiger partial charge in [-0.05, 0) is 74.9 Å². The number of rotatable bonds is 7. The van der Waals surface area contributed by atoms with E-state index in [4.69, 9.17) is 9.47 Å². The molecule has 4 aromatic rings. The number of ether oxygens (including phenoxy) is 2. The molecule has 0 spiro atoms. The van der Waals surface area contributed by atoms with E-state index in [2.05, 4.69) is 19.9 Å². The highest BCUT2D eigenvalue weighted by Gasteiger charge is 2.29. The molecule has 0 aliphatic heterocycles. The molecule has 0 saturated heterocycles. The summed E-state index contributed by atoms with van der Waals surface area (Å²) < 4.78 is 12.1. The Morgan fingerprint density at radius 1 is 1.11 bits per heavy atom. The molecule has 0 radical (unpaired) electrons. The van der Waals surface area contributed by atoms with Gasteiger partial charge in [-0.15, -0.1) is 0 Å². The molecule has 2 heterocycles.